The molecule has 0 heterocycles. The summed E-state index contributed by atoms with van der Waals surface area (Å²) in [5.41, 5.74) is 13.2. The van der Waals surface area contributed by atoms with E-state index in [9.17, 15) is 0 Å². The van der Waals surface area contributed by atoms with Gasteiger partial charge < -0.3 is 0 Å². The van der Waals surface area contributed by atoms with Crippen LogP contribution in [0.25, 0.3) is 44.2 Å². The van der Waals surface area contributed by atoms with Gasteiger partial charge in [-0.25, -0.2) is 0 Å². The Balaban J connectivity index is 1.51. The van der Waals surface area contributed by atoms with E-state index in [1.165, 1.54) is 66.4 Å². The molecule has 0 saturated heterocycles. The molecule has 0 nitrogen and oxygen atoms in total. The van der Waals surface area contributed by atoms with E-state index in [0.29, 0.717) is 0 Å². The van der Waals surface area contributed by atoms with Gasteiger partial charge in [-0.05, 0) is 72.5 Å². The van der Waals surface area contributed by atoms with Crippen molar-refractivity contribution in [1.29, 1.82) is 0 Å². The highest BCUT2D eigenvalue weighted by Gasteiger charge is 2.51. The van der Waals surface area contributed by atoms with Crippen molar-refractivity contribution in [2.45, 2.75) is 5.41 Å². The molecule has 0 amide bonds. The smallest absolute Gasteiger partial charge is 0.0619 e. The van der Waals surface area contributed by atoms with Crippen molar-refractivity contribution in [2.24, 2.45) is 0 Å². The standard InChI is InChI=1S/C35H22/c1-2-12-25-23(10-1)11-9-16-26(25)24-20-21-30-29-15-5-8-19-33(29)35(34(30)22-24)31-17-6-3-13-27(31)28-14-4-7-18-32(28)35/h1-22H. The molecule has 0 bridgehead atoms. The summed E-state index contributed by atoms with van der Waals surface area (Å²) in [6.45, 7) is 0. The molecule has 0 atom stereocenters. The fourth-order valence-corrected chi connectivity index (χ4v) is 6.74. The number of hydrogen-bond acceptors (Lipinski definition) is 0. The number of rotatable bonds is 1. The highest BCUT2D eigenvalue weighted by atomic mass is 14.5. The molecule has 2 aliphatic carbocycles. The SMILES string of the molecule is c1ccc2c(c1)-c1ccccc1C21c2ccccc2-c2ccc(-c3cccc4ccccc34)cc21. The van der Waals surface area contributed by atoms with E-state index in [2.05, 4.69) is 133 Å². The van der Waals surface area contributed by atoms with Crippen LogP contribution in [0, 0.1) is 0 Å². The van der Waals surface area contributed by atoms with Gasteiger partial charge in [0.15, 0.2) is 0 Å². The maximum Gasteiger partial charge on any atom is 0.0725 e. The molecule has 0 N–H and O–H groups in total. The van der Waals surface area contributed by atoms with E-state index in [1.807, 2.05) is 0 Å². The van der Waals surface area contributed by atoms with Crippen LogP contribution in [0.4, 0.5) is 0 Å². The second-order valence-corrected chi connectivity index (χ2v) is 9.67. The highest BCUT2D eigenvalue weighted by molar-refractivity contribution is 5.99. The fraction of sp³-hybridized carbons (Fsp3) is 0.0286. The number of fused-ring (bicyclic) bond motifs is 11. The van der Waals surface area contributed by atoms with Gasteiger partial charge in [0.2, 0.25) is 0 Å². The van der Waals surface area contributed by atoms with Crippen molar-refractivity contribution in [3.05, 3.63) is 156 Å². The van der Waals surface area contributed by atoms with E-state index in [-0.39, 0.29) is 5.41 Å². The van der Waals surface area contributed by atoms with Crippen molar-refractivity contribution in [3.63, 3.8) is 0 Å². The zero-order valence-corrected chi connectivity index (χ0v) is 19.2. The molecule has 0 fully saturated rings. The summed E-state index contributed by atoms with van der Waals surface area (Å²) in [4.78, 5) is 0. The molecule has 0 heteroatoms. The van der Waals surface area contributed by atoms with Crippen molar-refractivity contribution in [2.75, 3.05) is 0 Å². The van der Waals surface area contributed by atoms with Crippen LogP contribution in [-0.4, -0.2) is 0 Å². The lowest BCUT2D eigenvalue weighted by Gasteiger charge is -2.30. The molecular formula is C35H22. The number of hydrogen-bond donors (Lipinski definition) is 0. The molecule has 35 heavy (non-hydrogen) atoms. The maximum absolute atomic E-state index is 2.47. The summed E-state index contributed by atoms with van der Waals surface area (Å²) in [5.74, 6) is 0. The highest BCUT2D eigenvalue weighted by Crippen LogP contribution is 2.63. The summed E-state index contributed by atoms with van der Waals surface area (Å²) in [5, 5.41) is 2.58. The van der Waals surface area contributed by atoms with Crippen LogP contribution < -0.4 is 0 Å². The minimum atomic E-state index is -0.292. The Kier molecular flexibility index (Phi) is 3.68. The molecule has 1 spiro atoms. The van der Waals surface area contributed by atoms with Gasteiger partial charge in [-0.15, -0.1) is 0 Å². The topological polar surface area (TPSA) is 0 Å². The third-order valence-corrected chi connectivity index (χ3v) is 8.10. The Morgan fingerprint density at radius 3 is 1.49 bits per heavy atom. The molecule has 8 rings (SSSR count). The van der Waals surface area contributed by atoms with Crippen LogP contribution in [0.15, 0.2) is 133 Å². The third-order valence-electron chi connectivity index (χ3n) is 8.10. The monoisotopic (exact) mass is 442 g/mol. The van der Waals surface area contributed by atoms with Crippen LogP contribution in [-0.2, 0) is 5.41 Å². The first-order chi connectivity index (χ1) is 17.4. The number of benzene rings is 6. The lowest BCUT2D eigenvalue weighted by atomic mass is 9.70. The molecule has 6 aromatic rings. The first-order valence-electron chi connectivity index (χ1n) is 12.3. The lowest BCUT2D eigenvalue weighted by molar-refractivity contribution is 0.794. The van der Waals surface area contributed by atoms with Crippen molar-refractivity contribution >= 4 is 10.8 Å². The average molecular weight is 443 g/mol. The predicted molar refractivity (Wildman–Crippen MR) is 146 cm³/mol. The second-order valence-electron chi connectivity index (χ2n) is 9.67. The summed E-state index contributed by atoms with van der Waals surface area (Å²) in [7, 11) is 0. The first-order valence-corrected chi connectivity index (χ1v) is 12.3. The van der Waals surface area contributed by atoms with Gasteiger partial charge in [-0.2, -0.15) is 0 Å². The zero-order chi connectivity index (χ0) is 23.0. The van der Waals surface area contributed by atoms with Gasteiger partial charge in [-0.3, -0.25) is 0 Å². The molecule has 162 valence electrons. The van der Waals surface area contributed by atoms with Gasteiger partial charge in [0.1, 0.15) is 0 Å². The van der Waals surface area contributed by atoms with Gasteiger partial charge in [0.05, 0.1) is 5.41 Å². The van der Waals surface area contributed by atoms with Crippen molar-refractivity contribution in [1.82, 2.24) is 0 Å². The molecule has 0 saturated carbocycles. The minimum Gasteiger partial charge on any atom is -0.0619 e. The van der Waals surface area contributed by atoms with Gasteiger partial charge >= 0.3 is 0 Å². The van der Waals surface area contributed by atoms with Crippen LogP contribution in [0.2, 0.25) is 0 Å². The largest absolute Gasteiger partial charge is 0.0725 e. The molecule has 0 radical (unpaired) electrons. The van der Waals surface area contributed by atoms with Gasteiger partial charge in [-0.1, -0.05) is 127 Å². The fourth-order valence-electron chi connectivity index (χ4n) is 6.74. The molecule has 0 aromatic heterocycles. The molecule has 2 aliphatic rings. The van der Waals surface area contributed by atoms with E-state index >= 15 is 0 Å². The lowest BCUT2D eigenvalue weighted by Crippen LogP contribution is -2.25. The Bertz CT molecular complexity index is 1730. The van der Waals surface area contributed by atoms with E-state index in [0.717, 1.165) is 0 Å². The quantitative estimate of drug-likeness (QED) is 0.238. The summed E-state index contributed by atoms with van der Waals surface area (Å²) in [6.07, 6.45) is 0. The normalized spacial score (nSPS) is 13.9. The van der Waals surface area contributed by atoms with Gasteiger partial charge in [0, 0.05) is 0 Å². The third kappa shape index (κ3) is 2.32. The van der Waals surface area contributed by atoms with Crippen LogP contribution >= 0.6 is 0 Å². The van der Waals surface area contributed by atoms with E-state index in [4.69, 9.17) is 0 Å². The van der Waals surface area contributed by atoms with Crippen LogP contribution in [0.1, 0.15) is 22.3 Å². The summed E-state index contributed by atoms with van der Waals surface area (Å²) >= 11 is 0. The minimum absolute atomic E-state index is 0.292. The van der Waals surface area contributed by atoms with Gasteiger partial charge in [0.25, 0.3) is 0 Å². The Morgan fingerprint density at radius 2 is 0.829 bits per heavy atom. The Hall–Kier alpha value is -4.42. The van der Waals surface area contributed by atoms with E-state index in [1.54, 1.807) is 0 Å². The molecule has 0 aliphatic heterocycles. The van der Waals surface area contributed by atoms with Crippen LogP contribution in [0.5, 0.6) is 0 Å². The van der Waals surface area contributed by atoms with Crippen molar-refractivity contribution in [3.8, 4) is 33.4 Å². The second kappa shape index (κ2) is 6.81. The first kappa shape index (κ1) is 18.9. The van der Waals surface area contributed by atoms with Crippen molar-refractivity contribution < 1.29 is 0 Å². The van der Waals surface area contributed by atoms with Crippen LogP contribution in [0.3, 0.4) is 0 Å². The Morgan fingerprint density at radius 1 is 0.343 bits per heavy atom. The molecule has 0 unspecified atom stereocenters. The van der Waals surface area contributed by atoms with E-state index < -0.39 is 0 Å². The molecule has 6 aromatic carbocycles. The zero-order valence-electron chi connectivity index (χ0n) is 19.2. The maximum atomic E-state index is 2.47. The molecular weight excluding hydrogens is 420 g/mol. The summed E-state index contributed by atoms with van der Waals surface area (Å²) < 4.78 is 0. The average Bonchev–Trinajstić information content (AvgIpc) is 3.40. The Labute approximate surface area is 205 Å². The summed E-state index contributed by atoms with van der Waals surface area (Å²) in [6, 6.07) is 49.5. The predicted octanol–water partition coefficient (Wildman–Crippen LogP) is 8.85.